The molecule has 5 aromatic rings. The normalized spacial score (nSPS) is 14.6. The largest absolute Gasteiger partial charge is 0.383 e. The van der Waals surface area contributed by atoms with E-state index in [-0.39, 0.29) is 23.6 Å². The monoisotopic (exact) mass is 578 g/mol. The van der Waals surface area contributed by atoms with Crippen LogP contribution < -0.4 is 5.73 Å². The number of hydrogen-bond donors (Lipinski definition) is 1. The van der Waals surface area contributed by atoms with E-state index in [4.69, 9.17) is 5.73 Å². The first-order chi connectivity index (χ1) is 18.7. The van der Waals surface area contributed by atoms with Gasteiger partial charge in [0, 0.05) is 36.9 Å². The zero-order chi connectivity index (χ0) is 28.9. The molecule has 40 heavy (non-hydrogen) atoms. The topological polar surface area (TPSA) is 116 Å². The summed E-state index contributed by atoms with van der Waals surface area (Å²) >= 11 is 0. The fraction of sp³-hybridized carbons (Fsp3) is 0.200. The lowest BCUT2D eigenvalue weighted by atomic mass is 10.0. The first-order valence-corrected chi connectivity index (χ1v) is 13.9. The van der Waals surface area contributed by atoms with Gasteiger partial charge in [-0.1, -0.05) is 38.5 Å². The van der Waals surface area contributed by atoms with Crippen LogP contribution in [0.4, 0.5) is 25.2 Å². The van der Waals surface area contributed by atoms with Crippen molar-refractivity contribution >= 4 is 43.8 Å². The number of pyridine rings is 2. The number of aromatic nitrogens is 6. The maximum atomic E-state index is 14.0. The Hall–Kier alpha value is -4.40. The average molecular weight is 579 g/mol. The van der Waals surface area contributed by atoms with Gasteiger partial charge in [-0.2, -0.15) is 5.10 Å². The lowest BCUT2D eigenvalue weighted by Gasteiger charge is -2.40. The van der Waals surface area contributed by atoms with Gasteiger partial charge in [-0.25, -0.2) is 19.9 Å². The van der Waals surface area contributed by atoms with Gasteiger partial charge < -0.3 is 10.6 Å². The van der Waals surface area contributed by atoms with Crippen molar-refractivity contribution in [3.05, 3.63) is 78.3 Å². The van der Waals surface area contributed by atoms with Crippen LogP contribution in [-0.4, -0.2) is 40.5 Å². The Morgan fingerprint density at radius 3 is 2.33 bits per heavy atom. The highest BCUT2D eigenvalue weighted by atomic mass is 32.5. The van der Waals surface area contributed by atoms with Crippen LogP contribution in [0.3, 0.4) is 0 Å². The zero-order valence-electron chi connectivity index (χ0n) is 21.2. The molecule has 210 valence electrons. The van der Waals surface area contributed by atoms with Crippen molar-refractivity contribution in [3.8, 4) is 0 Å². The van der Waals surface area contributed by atoms with Crippen LogP contribution in [-0.2, 0) is 13.6 Å². The van der Waals surface area contributed by atoms with Crippen LogP contribution in [0.15, 0.2) is 66.3 Å². The molecule has 0 radical (unpaired) electrons. The number of benzene rings is 1. The summed E-state index contributed by atoms with van der Waals surface area (Å²) in [5, 5.41) is 5.38. The molecular formula is C25H23F5N8OS. The number of carbonyl (C=O) groups excluding carboxylic acids is 1. The molecule has 2 N–H and O–H groups in total. The molecule has 0 spiro atoms. The summed E-state index contributed by atoms with van der Waals surface area (Å²) in [6.07, 6.45) is 7.73. The van der Waals surface area contributed by atoms with Gasteiger partial charge in [-0.05, 0) is 30.2 Å². The number of nitrogens with zero attached hydrogens (tertiary/aromatic N) is 7. The summed E-state index contributed by atoms with van der Waals surface area (Å²) in [5.74, 6) is -0.301. The van der Waals surface area contributed by atoms with Crippen molar-refractivity contribution in [1.82, 2.24) is 34.6 Å². The number of carbonyl (C=O) groups is 1. The smallest absolute Gasteiger partial charge is 0.310 e. The summed E-state index contributed by atoms with van der Waals surface area (Å²) < 4.78 is 67.9. The van der Waals surface area contributed by atoms with Crippen LogP contribution >= 0.6 is 10.2 Å². The summed E-state index contributed by atoms with van der Waals surface area (Å²) in [6.45, 7) is 1.61. The molecule has 9 nitrogen and oxygen atoms in total. The lowest BCUT2D eigenvalue weighted by molar-refractivity contribution is 0.0645. The van der Waals surface area contributed by atoms with Gasteiger partial charge in [0.2, 0.25) is 0 Å². The molecule has 1 amide bonds. The molecule has 0 fully saturated rings. The molecule has 1 aromatic carbocycles. The molecule has 15 heteroatoms. The van der Waals surface area contributed by atoms with Gasteiger partial charge in [0.05, 0.1) is 34.9 Å². The third-order valence-electron chi connectivity index (χ3n) is 6.52. The van der Waals surface area contributed by atoms with Gasteiger partial charge in [-0.3, -0.25) is 9.48 Å². The second kappa shape index (κ2) is 8.81. The van der Waals surface area contributed by atoms with E-state index in [1.54, 1.807) is 24.0 Å². The molecule has 0 saturated carbocycles. The van der Waals surface area contributed by atoms with Gasteiger partial charge in [0.1, 0.15) is 22.7 Å². The van der Waals surface area contributed by atoms with Crippen LogP contribution in [0.1, 0.15) is 41.0 Å². The van der Waals surface area contributed by atoms with Crippen molar-refractivity contribution in [2.24, 2.45) is 7.05 Å². The van der Waals surface area contributed by atoms with E-state index in [9.17, 15) is 24.2 Å². The maximum Gasteiger partial charge on any atom is 0.310 e. The van der Waals surface area contributed by atoms with Gasteiger partial charge in [-0.15, -0.1) is 0 Å². The summed E-state index contributed by atoms with van der Waals surface area (Å²) in [4.78, 5) is 30.0. The van der Waals surface area contributed by atoms with Crippen molar-refractivity contribution in [3.63, 3.8) is 0 Å². The molecule has 5 rings (SSSR count). The molecule has 0 aliphatic carbocycles. The van der Waals surface area contributed by atoms with E-state index in [1.807, 2.05) is 6.92 Å². The molecule has 0 aliphatic rings. The van der Waals surface area contributed by atoms with Crippen molar-refractivity contribution in [2.75, 3.05) is 5.73 Å². The second-order valence-electron chi connectivity index (χ2n) is 9.26. The Labute approximate surface area is 224 Å². The Morgan fingerprint density at radius 2 is 1.70 bits per heavy atom. The summed E-state index contributed by atoms with van der Waals surface area (Å²) in [7, 11) is -8.13. The number of fused-ring (bicyclic) bond motifs is 3. The first kappa shape index (κ1) is 27.2. The molecule has 0 aliphatic heterocycles. The Morgan fingerprint density at radius 1 is 1.02 bits per heavy atom. The Bertz CT molecular complexity index is 1750. The summed E-state index contributed by atoms with van der Waals surface area (Å²) in [5.41, 5.74) is 7.94. The predicted octanol–water partition coefficient (Wildman–Crippen LogP) is 6.34. The minimum absolute atomic E-state index is 0.0282. The van der Waals surface area contributed by atoms with E-state index >= 15 is 0 Å². The molecular weight excluding hydrogens is 555 g/mol. The fourth-order valence-corrected chi connectivity index (χ4v) is 5.27. The average Bonchev–Trinajstić information content (AvgIpc) is 3.30. The van der Waals surface area contributed by atoms with Crippen LogP contribution in [0, 0.1) is 0 Å². The molecule has 1 atom stereocenters. The number of nitrogens with two attached hydrogens (primary N) is 1. The maximum absolute atomic E-state index is 14.0. The second-order valence-corrected chi connectivity index (χ2v) is 11.7. The number of nitrogen functional groups attached to an aromatic ring is 1. The van der Waals surface area contributed by atoms with Crippen molar-refractivity contribution in [2.45, 2.75) is 30.8 Å². The number of rotatable bonds is 7. The molecule has 0 unspecified atom stereocenters. The number of aryl methyl sites for hydroxylation is 1. The van der Waals surface area contributed by atoms with E-state index < -0.39 is 27.1 Å². The van der Waals surface area contributed by atoms with Crippen LogP contribution in [0.5, 0.6) is 0 Å². The highest BCUT2D eigenvalue weighted by Gasteiger charge is 2.65. The van der Waals surface area contributed by atoms with E-state index in [0.717, 1.165) is 12.1 Å². The SMILES string of the molecule is CC[C@@H](c1cncnc1)N(Cc1ccc(S(F)(F)(F)(F)F)cc1)C(=O)c1cc2c(cn1)nc(N)c1cnn(C)c12. The number of anilines is 1. The van der Waals surface area contributed by atoms with Gasteiger partial charge in [0.25, 0.3) is 5.91 Å². The Kier molecular flexibility index (Phi) is 5.98. The van der Waals surface area contributed by atoms with Crippen molar-refractivity contribution < 1.29 is 24.2 Å². The number of hydrogen-bond acceptors (Lipinski definition) is 7. The minimum atomic E-state index is -9.85. The first-order valence-electron chi connectivity index (χ1n) is 11.9. The number of amides is 1. The van der Waals surface area contributed by atoms with E-state index in [0.29, 0.717) is 45.9 Å². The fourth-order valence-electron chi connectivity index (χ4n) is 4.62. The third kappa shape index (κ3) is 5.11. The molecule has 4 heterocycles. The van der Waals surface area contributed by atoms with Crippen LogP contribution in [0.25, 0.3) is 21.8 Å². The summed E-state index contributed by atoms with van der Waals surface area (Å²) in [6, 6.07) is 3.46. The van der Waals surface area contributed by atoms with Gasteiger partial charge in [0.15, 0.2) is 0 Å². The van der Waals surface area contributed by atoms with E-state index in [1.165, 1.54) is 29.8 Å². The molecule has 4 aromatic heterocycles. The highest BCUT2D eigenvalue weighted by Crippen LogP contribution is 3.02. The molecule has 0 bridgehead atoms. The standard InChI is InChI=1S/C25H23F5N8OS/c1-3-22(16-9-32-14-33-10-16)38(13-15-4-6-17(7-5-15)40(26,27,28,29)30)25(39)20-8-18-21(12-34-20)36-24(31)19-11-35-37(2)23(18)19/h4-12,14,22H,3,13H2,1-2H3,(H2,31,36)/t22-/m0/s1. The predicted molar refractivity (Wildman–Crippen MR) is 141 cm³/mol. The Balaban J connectivity index is 1.59. The zero-order valence-corrected chi connectivity index (χ0v) is 22.0. The lowest BCUT2D eigenvalue weighted by Crippen LogP contribution is -2.35. The quantitative estimate of drug-likeness (QED) is 0.224. The minimum Gasteiger partial charge on any atom is -0.383 e. The van der Waals surface area contributed by atoms with Gasteiger partial charge >= 0.3 is 10.2 Å². The molecule has 0 saturated heterocycles. The van der Waals surface area contributed by atoms with Crippen LogP contribution in [0.2, 0.25) is 0 Å². The number of halogens is 5. The third-order valence-corrected chi connectivity index (χ3v) is 7.69. The van der Waals surface area contributed by atoms with E-state index in [2.05, 4.69) is 25.0 Å². The van der Waals surface area contributed by atoms with Crippen molar-refractivity contribution in [1.29, 1.82) is 0 Å². The highest BCUT2D eigenvalue weighted by molar-refractivity contribution is 8.45.